The molecule has 82 valence electrons. The smallest absolute Gasteiger partial charge is 0.231 e. The van der Waals surface area contributed by atoms with Crippen molar-refractivity contribution in [2.24, 2.45) is 12.5 Å². The van der Waals surface area contributed by atoms with Crippen LogP contribution in [-0.2, 0) is 11.8 Å². The number of nitrogens with one attached hydrogen (secondary N) is 1. The Balaban J connectivity index is 2.03. The summed E-state index contributed by atoms with van der Waals surface area (Å²) in [6.07, 6.45) is 6.13. The molecule has 1 aliphatic rings. The summed E-state index contributed by atoms with van der Waals surface area (Å²) in [6.45, 7) is 2.04. The van der Waals surface area contributed by atoms with E-state index in [0.29, 0.717) is 5.82 Å². The van der Waals surface area contributed by atoms with Crippen LogP contribution in [-0.4, -0.2) is 15.7 Å². The van der Waals surface area contributed by atoms with Crippen LogP contribution in [0.15, 0.2) is 12.3 Å². The largest absolute Gasteiger partial charge is 0.309 e. The van der Waals surface area contributed by atoms with E-state index in [-0.39, 0.29) is 11.3 Å². The van der Waals surface area contributed by atoms with Crippen LogP contribution in [0.5, 0.6) is 0 Å². The molecule has 2 rings (SSSR count). The van der Waals surface area contributed by atoms with Crippen LogP contribution in [0.25, 0.3) is 0 Å². The molecule has 1 fully saturated rings. The van der Waals surface area contributed by atoms with Gasteiger partial charge in [-0.2, -0.15) is 5.10 Å². The second-order valence-electron chi connectivity index (χ2n) is 4.60. The Hall–Kier alpha value is -1.32. The fourth-order valence-corrected chi connectivity index (χ4v) is 2.13. The standard InChI is InChI=1S/C11H17N3O/c1-11(6-3-4-7-11)10(15)12-9-5-8-14(2)13-9/h5,8H,3-4,6-7H2,1-2H3,(H,12,13,15). The predicted molar refractivity (Wildman–Crippen MR) is 58.4 cm³/mol. The van der Waals surface area contributed by atoms with Crippen molar-refractivity contribution in [3.8, 4) is 0 Å². The van der Waals surface area contributed by atoms with Crippen LogP contribution in [0.2, 0.25) is 0 Å². The molecule has 1 heterocycles. The molecule has 15 heavy (non-hydrogen) atoms. The molecule has 1 aromatic heterocycles. The molecule has 0 radical (unpaired) electrons. The molecule has 0 aromatic carbocycles. The minimum Gasteiger partial charge on any atom is -0.309 e. The average molecular weight is 207 g/mol. The number of rotatable bonds is 2. The van der Waals surface area contributed by atoms with Gasteiger partial charge < -0.3 is 5.32 Å². The topological polar surface area (TPSA) is 46.9 Å². The summed E-state index contributed by atoms with van der Waals surface area (Å²) in [5, 5.41) is 7.01. The Morgan fingerprint density at radius 3 is 2.73 bits per heavy atom. The molecule has 1 aromatic rings. The van der Waals surface area contributed by atoms with Crippen molar-refractivity contribution in [2.75, 3.05) is 5.32 Å². The van der Waals surface area contributed by atoms with E-state index in [4.69, 9.17) is 0 Å². The minimum atomic E-state index is -0.183. The normalized spacial score (nSPS) is 19.1. The van der Waals surface area contributed by atoms with Crippen LogP contribution < -0.4 is 5.32 Å². The molecular weight excluding hydrogens is 190 g/mol. The number of anilines is 1. The zero-order valence-electron chi connectivity index (χ0n) is 9.29. The zero-order valence-corrected chi connectivity index (χ0v) is 9.29. The number of carbonyl (C=O) groups excluding carboxylic acids is 1. The molecule has 4 heteroatoms. The van der Waals surface area contributed by atoms with Crippen LogP contribution >= 0.6 is 0 Å². The molecule has 0 atom stereocenters. The lowest BCUT2D eigenvalue weighted by Gasteiger charge is -2.21. The van der Waals surface area contributed by atoms with Gasteiger partial charge in [-0.3, -0.25) is 9.48 Å². The van der Waals surface area contributed by atoms with E-state index in [1.165, 1.54) is 0 Å². The number of hydrogen-bond acceptors (Lipinski definition) is 2. The highest BCUT2D eigenvalue weighted by Gasteiger charge is 2.36. The monoisotopic (exact) mass is 207 g/mol. The van der Waals surface area contributed by atoms with Crippen molar-refractivity contribution < 1.29 is 4.79 Å². The van der Waals surface area contributed by atoms with Crippen molar-refractivity contribution in [3.63, 3.8) is 0 Å². The third-order valence-electron chi connectivity index (χ3n) is 3.21. The highest BCUT2D eigenvalue weighted by Crippen LogP contribution is 2.38. The highest BCUT2D eigenvalue weighted by molar-refractivity contribution is 5.94. The maximum atomic E-state index is 12.0. The van der Waals surface area contributed by atoms with Crippen LogP contribution in [0.4, 0.5) is 5.82 Å². The first-order chi connectivity index (χ1) is 7.10. The second-order valence-corrected chi connectivity index (χ2v) is 4.60. The highest BCUT2D eigenvalue weighted by atomic mass is 16.2. The number of hydrogen-bond donors (Lipinski definition) is 1. The van der Waals surface area contributed by atoms with Gasteiger partial charge in [-0.25, -0.2) is 0 Å². The summed E-state index contributed by atoms with van der Waals surface area (Å²) in [7, 11) is 1.84. The van der Waals surface area contributed by atoms with Gasteiger partial charge in [0.05, 0.1) is 0 Å². The molecule has 1 amide bonds. The molecule has 1 N–H and O–H groups in total. The predicted octanol–water partition coefficient (Wildman–Crippen LogP) is 1.94. The Morgan fingerprint density at radius 1 is 1.53 bits per heavy atom. The third kappa shape index (κ3) is 2.03. The van der Waals surface area contributed by atoms with Crippen molar-refractivity contribution in [3.05, 3.63) is 12.3 Å². The van der Waals surface area contributed by atoms with E-state index < -0.39 is 0 Å². The minimum absolute atomic E-state index is 0.110. The van der Waals surface area contributed by atoms with Gasteiger partial charge in [-0.15, -0.1) is 0 Å². The Kier molecular flexibility index (Phi) is 2.50. The van der Waals surface area contributed by atoms with Crippen molar-refractivity contribution in [1.82, 2.24) is 9.78 Å². The van der Waals surface area contributed by atoms with Crippen molar-refractivity contribution >= 4 is 11.7 Å². The van der Waals surface area contributed by atoms with Crippen LogP contribution in [0, 0.1) is 5.41 Å². The van der Waals surface area contributed by atoms with Gasteiger partial charge in [0.2, 0.25) is 5.91 Å². The molecule has 0 spiro atoms. The number of aryl methyl sites for hydroxylation is 1. The Labute approximate surface area is 89.7 Å². The summed E-state index contributed by atoms with van der Waals surface area (Å²) in [5.74, 6) is 0.759. The van der Waals surface area contributed by atoms with E-state index in [1.807, 2.05) is 26.2 Å². The Morgan fingerprint density at radius 2 is 2.20 bits per heavy atom. The summed E-state index contributed by atoms with van der Waals surface area (Å²) < 4.78 is 1.69. The van der Waals surface area contributed by atoms with Gasteiger partial charge in [-0.1, -0.05) is 19.8 Å². The summed E-state index contributed by atoms with van der Waals surface area (Å²) >= 11 is 0. The number of amides is 1. The lowest BCUT2D eigenvalue weighted by molar-refractivity contribution is -0.124. The molecular formula is C11H17N3O. The van der Waals surface area contributed by atoms with E-state index in [1.54, 1.807) is 4.68 Å². The molecule has 1 aliphatic carbocycles. The average Bonchev–Trinajstić information content (AvgIpc) is 2.76. The molecule has 0 aliphatic heterocycles. The molecule has 0 saturated heterocycles. The fourth-order valence-electron chi connectivity index (χ4n) is 2.13. The van der Waals surface area contributed by atoms with Gasteiger partial charge in [0.1, 0.15) is 0 Å². The van der Waals surface area contributed by atoms with Crippen molar-refractivity contribution in [2.45, 2.75) is 32.6 Å². The second kappa shape index (κ2) is 3.68. The van der Waals surface area contributed by atoms with Crippen molar-refractivity contribution in [1.29, 1.82) is 0 Å². The first kappa shape index (κ1) is 10.2. The molecule has 1 saturated carbocycles. The molecule has 0 unspecified atom stereocenters. The van der Waals surface area contributed by atoms with Crippen LogP contribution in [0.3, 0.4) is 0 Å². The van der Waals surface area contributed by atoms with E-state index >= 15 is 0 Å². The summed E-state index contributed by atoms with van der Waals surface area (Å²) in [4.78, 5) is 12.0. The number of aromatic nitrogens is 2. The molecule has 4 nitrogen and oxygen atoms in total. The maximum Gasteiger partial charge on any atom is 0.231 e. The number of carbonyl (C=O) groups is 1. The first-order valence-electron chi connectivity index (χ1n) is 5.41. The lowest BCUT2D eigenvalue weighted by Crippen LogP contribution is -2.30. The zero-order chi connectivity index (χ0) is 10.9. The maximum absolute atomic E-state index is 12.0. The lowest BCUT2D eigenvalue weighted by atomic mass is 9.88. The summed E-state index contributed by atoms with van der Waals surface area (Å²) in [6, 6.07) is 1.82. The van der Waals surface area contributed by atoms with Gasteiger partial charge >= 0.3 is 0 Å². The quantitative estimate of drug-likeness (QED) is 0.805. The van der Waals surface area contributed by atoms with E-state index in [0.717, 1.165) is 25.7 Å². The summed E-state index contributed by atoms with van der Waals surface area (Å²) in [5.41, 5.74) is -0.183. The van der Waals surface area contributed by atoms with Gasteiger partial charge in [0.25, 0.3) is 0 Å². The van der Waals surface area contributed by atoms with E-state index in [2.05, 4.69) is 10.4 Å². The number of nitrogens with zero attached hydrogens (tertiary/aromatic N) is 2. The van der Waals surface area contributed by atoms with Crippen LogP contribution in [0.1, 0.15) is 32.6 Å². The fraction of sp³-hybridized carbons (Fsp3) is 0.636. The van der Waals surface area contributed by atoms with E-state index in [9.17, 15) is 4.79 Å². The van der Waals surface area contributed by atoms with Gasteiger partial charge in [0.15, 0.2) is 5.82 Å². The SMILES string of the molecule is Cn1ccc(NC(=O)C2(C)CCCC2)n1. The third-order valence-corrected chi connectivity index (χ3v) is 3.21. The first-order valence-corrected chi connectivity index (χ1v) is 5.41. The van der Waals surface area contributed by atoms with Gasteiger partial charge in [0, 0.05) is 24.7 Å². The molecule has 0 bridgehead atoms. The van der Waals surface area contributed by atoms with Gasteiger partial charge in [-0.05, 0) is 12.8 Å². The Bertz CT molecular complexity index is 364.